The second kappa shape index (κ2) is 6.33. The summed E-state index contributed by atoms with van der Waals surface area (Å²) in [6, 6.07) is 11.8. The molecule has 0 aliphatic rings. The van der Waals surface area contributed by atoms with E-state index in [1.54, 1.807) is 12.1 Å². The van der Waals surface area contributed by atoms with Crippen LogP contribution >= 0.6 is 23.2 Å². The smallest absolute Gasteiger partial charge is 0.455 e. The third kappa shape index (κ3) is 3.63. The van der Waals surface area contributed by atoms with Crippen LogP contribution in [-0.4, -0.2) is 10.1 Å². The van der Waals surface area contributed by atoms with E-state index in [1.807, 2.05) is 0 Å². The molecule has 4 nitrogen and oxygen atoms in total. The Labute approximate surface area is 143 Å². The van der Waals surface area contributed by atoms with Crippen LogP contribution in [0.25, 0.3) is 11.4 Å². The molecular formula is C15H6Cl2F3N2O2. The summed E-state index contributed by atoms with van der Waals surface area (Å²) in [4.78, 5) is 3.31. The zero-order valence-corrected chi connectivity index (χ0v) is 13.1. The van der Waals surface area contributed by atoms with Gasteiger partial charge >= 0.3 is 12.1 Å². The Hall–Kier alpha value is -2.25. The predicted octanol–water partition coefficient (Wildman–Crippen LogP) is 5.65. The average Bonchev–Trinajstić information content (AvgIpc) is 3.01. The van der Waals surface area contributed by atoms with Gasteiger partial charge in [-0.05, 0) is 30.3 Å². The van der Waals surface area contributed by atoms with Crippen molar-refractivity contribution in [2.45, 2.75) is 6.18 Å². The summed E-state index contributed by atoms with van der Waals surface area (Å²) in [6.45, 7) is 0. The van der Waals surface area contributed by atoms with Crippen LogP contribution in [-0.2, 0) is 6.18 Å². The molecule has 24 heavy (non-hydrogen) atoms. The Bertz CT molecular complexity index is 881. The fourth-order valence-corrected chi connectivity index (χ4v) is 2.22. The minimum absolute atomic E-state index is 0.218. The van der Waals surface area contributed by atoms with Crippen LogP contribution < -0.4 is 4.74 Å². The largest absolute Gasteiger partial charge is 0.471 e. The maximum Gasteiger partial charge on any atom is 0.471 e. The molecule has 123 valence electrons. The van der Waals surface area contributed by atoms with Crippen LogP contribution in [0.4, 0.5) is 13.2 Å². The van der Waals surface area contributed by atoms with Gasteiger partial charge in [0.05, 0.1) is 5.02 Å². The van der Waals surface area contributed by atoms with Gasteiger partial charge in [0.1, 0.15) is 11.5 Å². The lowest BCUT2D eigenvalue weighted by Crippen LogP contribution is -2.04. The number of aromatic nitrogens is 2. The van der Waals surface area contributed by atoms with E-state index < -0.39 is 12.1 Å². The first-order valence-electron chi connectivity index (χ1n) is 6.39. The monoisotopic (exact) mass is 373 g/mol. The lowest BCUT2D eigenvalue weighted by molar-refractivity contribution is -0.159. The number of benzene rings is 2. The van der Waals surface area contributed by atoms with Gasteiger partial charge in [-0.25, -0.2) is 0 Å². The minimum Gasteiger partial charge on any atom is -0.455 e. The lowest BCUT2D eigenvalue weighted by Gasteiger charge is -2.08. The van der Waals surface area contributed by atoms with Gasteiger partial charge in [0.25, 0.3) is 0 Å². The number of hydrogen-bond donors (Lipinski definition) is 0. The molecule has 0 saturated carbocycles. The highest BCUT2D eigenvalue weighted by atomic mass is 35.5. The lowest BCUT2D eigenvalue weighted by atomic mass is 10.2. The number of ether oxygens (including phenoxy) is 1. The van der Waals surface area contributed by atoms with Crippen LogP contribution in [0.3, 0.4) is 0 Å². The molecule has 1 aromatic heterocycles. The molecular weight excluding hydrogens is 368 g/mol. The van der Waals surface area contributed by atoms with Crippen molar-refractivity contribution in [3.05, 3.63) is 58.4 Å². The fraction of sp³-hybridized carbons (Fsp3) is 0.0667. The third-order valence-electron chi connectivity index (χ3n) is 2.82. The Balaban J connectivity index is 1.88. The van der Waals surface area contributed by atoms with E-state index in [-0.39, 0.29) is 22.2 Å². The Morgan fingerprint density at radius 1 is 1.12 bits per heavy atom. The number of hydrogen-bond acceptors (Lipinski definition) is 4. The summed E-state index contributed by atoms with van der Waals surface area (Å²) in [6.07, 6.45) is -4.71. The summed E-state index contributed by atoms with van der Waals surface area (Å²) in [5.74, 6) is -1.11. The Morgan fingerprint density at radius 3 is 2.58 bits per heavy atom. The van der Waals surface area contributed by atoms with Gasteiger partial charge < -0.3 is 9.26 Å². The third-order valence-corrected chi connectivity index (χ3v) is 3.35. The van der Waals surface area contributed by atoms with Gasteiger partial charge in [0, 0.05) is 16.7 Å². The summed E-state index contributed by atoms with van der Waals surface area (Å²) in [5, 5.41) is 4.03. The van der Waals surface area contributed by atoms with Crippen molar-refractivity contribution in [3.8, 4) is 22.9 Å². The second-order valence-corrected chi connectivity index (χ2v) is 5.38. The van der Waals surface area contributed by atoms with Crippen LogP contribution in [0, 0.1) is 6.07 Å². The summed E-state index contributed by atoms with van der Waals surface area (Å²) in [5.41, 5.74) is 0.271. The fourth-order valence-electron chi connectivity index (χ4n) is 1.77. The van der Waals surface area contributed by atoms with Crippen LogP contribution in [0.1, 0.15) is 5.89 Å². The van der Waals surface area contributed by atoms with Crippen molar-refractivity contribution < 1.29 is 22.4 Å². The van der Waals surface area contributed by atoms with Crippen LogP contribution in [0.5, 0.6) is 11.5 Å². The van der Waals surface area contributed by atoms with Gasteiger partial charge in [-0.15, -0.1) is 0 Å². The normalized spacial score (nSPS) is 11.5. The maximum atomic E-state index is 12.5. The first-order valence-corrected chi connectivity index (χ1v) is 7.14. The van der Waals surface area contributed by atoms with E-state index in [2.05, 4.69) is 20.7 Å². The van der Waals surface area contributed by atoms with E-state index >= 15 is 0 Å². The molecule has 0 fully saturated rings. The molecule has 3 rings (SSSR count). The van der Waals surface area contributed by atoms with Gasteiger partial charge in [0.2, 0.25) is 5.82 Å². The zero-order valence-electron chi connectivity index (χ0n) is 11.6. The van der Waals surface area contributed by atoms with Crippen molar-refractivity contribution in [2.24, 2.45) is 0 Å². The molecule has 0 aliphatic carbocycles. The van der Waals surface area contributed by atoms with E-state index in [9.17, 15) is 13.2 Å². The molecule has 1 radical (unpaired) electrons. The topological polar surface area (TPSA) is 48.2 Å². The molecule has 0 aliphatic heterocycles. The van der Waals surface area contributed by atoms with Crippen molar-refractivity contribution in [1.29, 1.82) is 0 Å². The highest BCUT2D eigenvalue weighted by Gasteiger charge is 2.38. The molecule has 3 aromatic rings. The standard InChI is InChI=1S/C15H6Cl2F3N2O2/c16-9-4-5-12(11(17)7-9)23-10-3-1-2-8(6-10)13-21-14(24-22-13)15(18,19)20/h1-2,4-7H. The van der Waals surface area contributed by atoms with E-state index in [0.29, 0.717) is 10.8 Å². The summed E-state index contributed by atoms with van der Waals surface area (Å²) in [7, 11) is 0. The van der Waals surface area contributed by atoms with Crippen molar-refractivity contribution in [1.82, 2.24) is 10.1 Å². The second-order valence-electron chi connectivity index (χ2n) is 4.54. The number of halogens is 5. The van der Waals surface area contributed by atoms with Crippen LogP contribution in [0.15, 0.2) is 40.9 Å². The molecule has 0 N–H and O–H groups in total. The molecule has 0 unspecified atom stereocenters. The highest BCUT2D eigenvalue weighted by molar-refractivity contribution is 6.35. The van der Waals surface area contributed by atoms with Crippen molar-refractivity contribution in [2.75, 3.05) is 0 Å². The molecule has 0 saturated heterocycles. The van der Waals surface area contributed by atoms with E-state index in [1.165, 1.54) is 24.3 Å². The Morgan fingerprint density at radius 2 is 1.92 bits per heavy atom. The predicted molar refractivity (Wildman–Crippen MR) is 80.1 cm³/mol. The molecule has 9 heteroatoms. The minimum atomic E-state index is -4.71. The molecule has 0 bridgehead atoms. The molecule has 1 heterocycles. The van der Waals surface area contributed by atoms with Crippen molar-refractivity contribution in [3.63, 3.8) is 0 Å². The van der Waals surface area contributed by atoms with Gasteiger partial charge in [-0.1, -0.05) is 34.4 Å². The quantitative estimate of drug-likeness (QED) is 0.594. The highest BCUT2D eigenvalue weighted by Crippen LogP contribution is 2.33. The molecule has 2 aromatic carbocycles. The average molecular weight is 374 g/mol. The first kappa shape index (κ1) is 16.6. The molecule has 0 amide bonds. The zero-order chi connectivity index (χ0) is 17.3. The Kier molecular flexibility index (Phi) is 4.38. The molecule has 0 spiro atoms. The number of alkyl halides is 3. The van der Waals surface area contributed by atoms with Crippen LogP contribution in [0.2, 0.25) is 10.0 Å². The maximum absolute atomic E-state index is 12.5. The SMILES string of the molecule is FC(F)(F)c1nc(-c2cc[c]c(Oc3ccc(Cl)cc3Cl)c2)no1. The summed E-state index contributed by atoms with van der Waals surface area (Å²) >= 11 is 11.8. The number of nitrogens with zero attached hydrogens (tertiary/aromatic N) is 2. The molecule has 0 atom stereocenters. The van der Waals surface area contributed by atoms with Gasteiger partial charge in [-0.3, -0.25) is 0 Å². The van der Waals surface area contributed by atoms with Gasteiger partial charge in [-0.2, -0.15) is 18.2 Å². The summed E-state index contributed by atoms with van der Waals surface area (Å²) < 4.78 is 47.3. The first-order chi connectivity index (χ1) is 11.3. The number of rotatable bonds is 3. The van der Waals surface area contributed by atoms with E-state index in [0.717, 1.165) is 0 Å². The van der Waals surface area contributed by atoms with E-state index in [4.69, 9.17) is 27.9 Å². The van der Waals surface area contributed by atoms with Crippen molar-refractivity contribution >= 4 is 23.2 Å². The van der Waals surface area contributed by atoms with Gasteiger partial charge in [0.15, 0.2) is 0 Å².